The van der Waals surface area contributed by atoms with Crippen molar-refractivity contribution in [3.63, 3.8) is 0 Å². The van der Waals surface area contributed by atoms with Crippen molar-refractivity contribution in [2.75, 3.05) is 26.8 Å². The molecule has 3 aliphatic rings. The number of likely N-dealkylation sites (tertiary alicyclic amines) is 1. The molecule has 0 aromatic heterocycles. The van der Waals surface area contributed by atoms with Crippen molar-refractivity contribution in [1.82, 2.24) is 4.90 Å². The number of ether oxygens (including phenoxy) is 2. The van der Waals surface area contributed by atoms with E-state index in [1.807, 2.05) is 29.2 Å². The van der Waals surface area contributed by atoms with Crippen molar-refractivity contribution in [1.29, 1.82) is 0 Å². The average molecular weight is 331 g/mol. The molecule has 2 aliphatic heterocycles. The van der Waals surface area contributed by atoms with Crippen LogP contribution in [-0.4, -0.2) is 48.8 Å². The molecule has 4 rings (SSSR count). The molecule has 5 nitrogen and oxygen atoms in total. The molecule has 1 unspecified atom stereocenters. The molecule has 4 atom stereocenters. The Morgan fingerprint density at radius 3 is 2.75 bits per heavy atom. The molecule has 1 aliphatic carbocycles. The summed E-state index contributed by atoms with van der Waals surface area (Å²) in [6, 6.07) is 7.69. The first-order valence-electron chi connectivity index (χ1n) is 8.89. The molecule has 0 spiro atoms. The standard InChI is InChI=1S/C19H25NO4/c1-23-15-6-4-14(5-7-15)19(22)9-8-13-11-20(12-16(13)19)18(21)17-3-2-10-24-17/h4-7,13,16-17,22H,2-3,8-12H2,1H3/t13-,16+,17?,19+/m1/s1. The lowest BCUT2D eigenvalue weighted by Crippen LogP contribution is -2.40. The van der Waals surface area contributed by atoms with Crippen LogP contribution in [0.3, 0.4) is 0 Å². The van der Waals surface area contributed by atoms with E-state index >= 15 is 0 Å². The topological polar surface area (TPSA) is 59.0 Å². The van der Waals surface area contributed by atoms with Gasteiger partial charge in [0.15, 0.2) is 0 Å². The molecule has 3 fully saturated rings. The molecule has 2 saturated heterocycles. The van der Waals surface area contributed by atoms with Gasteiger partial charge in [-0.15, -0.1) is 0 Å². The van der Waals surface area contributed by atoms with Crippen LogP contribution in [-0.2, 0) is 15.1 Å². The van der Waals surface area contributed by atoms with Gasteiger partial charge in [-0.25, -0.2) is 0 Å². The van der Waals surface area contributed by atoms with Crippen LogP contribution in [0.1, 0.15) is 31.2 Å². The molecule has 1 aromatic rings. The zero-order chi connectivity index (χ0) is 16.7. The van der Waals surface area contributed by atoms with E-state index in [1.54, 1.807) is 7.11 Å². The normalized spacial score (nSPS) is 35.2. The Morgan fingerprint density at radius 2 is 2.08 bits per heavy atom. The largest absolute Gasteiger partial charge is 0.497 e. The maximum Gasteiger partial charge on any atom is 0.251 e. The fourth-order valence-corrected chi connectivity index (χ4v) is 4.69. The third-order valence-electron chi connectivity index (χ3n) is 6.06. The summed E-state index contributed by atoms with van der Waals surface area (Å²) in [5, 5.41) is 11.4. The highest BCUT2D eigenvalue weighted by Crippen LogP contribution is 2.50. The lowest BCUT2D eigenvalue weighted by Gasteiger charge is -2.31. The van der Waals surface area contributed by atoms with Crippen LogP contribution < -0.4 is 4.74 Å². The minimum Gasteiger partial charge on any atom is -0.497 e. The molecular weight excluding hydrogens is 306 g/mol. The average Bonchev–Trinajstić information content (AvgIpc) is 3.33. The number of amides is 1. The van der Waals surface area contributed by atoms with Crippen LogP contribution in [0.25, 0.3) is 0 Å². The summed E-state index contributed by atoms with van der Waals surface area (Å²) in [5.41, 5.74) is 0.0879. The highest BCUT2D eigenvalue weighted by molar-refractivity contribution is 5.81. The van der Waals surface area contributed by atoms with Crippen LogP contribution in [0, 0.1) is 11.8 Å². The second kappa shape index (κ2) is 6.05. The van der Waals surface area contributed by atoms with E-state index in [0.29, 0.717) is 19.1 Å². The fraction of sp³-hybridized carbons (Fsp3) is 0.632. The van der Waals surface area contributed by atoms with Gasteiger partial charge in [-0.05, 0) is 49.3 Å². The maximum atomic E-state index is 12.6. The highest BCUT2D eigenvalue weighted by Gasteiger charge is 2.53. The van der Waals surface area contributed by atoms with Crippen LogP contribution in [0.5, 0.6) is 5.75 Å². The quantitative estimate of drug-likeness (QED) is 0.919. The van der Waals surface area contributed by atoms with E-state index in [-0.39, 0.29) is 17.9 Å². The molecule has 1 amide bonds. The van der Waals surface area contributed by atoms with E-state index in [4.69, 9.17) is 9.47 Å². The molecule has 2 heterocycles. The predicted molar refractivity (Wildman–Crippen MR) is 88.7 cm³/mol. The van der Waals surface area contributed by atoms with Crippen molar-refractivity contribution in [3.8, 4) is 5.75 Å². The number of rotatable bonds is 3. The third-order valence-corrected chi connectivity index (χ3v) is 6.06. The van der Waals surface area contributed by atoms with Gasteiger partial charge in [0, 0.05) is 25.6 Å². The molecule has 130 valence electrons. The summed E-state index contributed by atoms with van der Waals surface area (Å²) < 4.78 is 10.8. The summed E-state index contributed by atoms with van der Waals surface area (Å²) in [4.78, 5) is 14.5. The summed E-state index contributed by atoms with van der Waals surface area (Å²) >= 11 is 0. The van der Waals surface area contributed by atoms with Gasteiger partial charge in [0.25, 0.3) is 5.91 Å². The van der Waals surface area contributed by atoms with Crippen LogP contribution in [0.4, 0.5) is 0 Å². The number of fused-ring (bicyclic) bond motifs is 1. The number of methoxy groups -OCH3 is 1. The van der Waals surface area contributed by atoms with E-state index in [2.05, 4.69) is 0 Å². The molecule has 1 aromatic carbocycles. The lowest BCUT2D eigenvalue weighted by atomic mass is 9.82. The minimum atomic E-state index is -0.845. The van der Waals surface area contributed by atoms with Gasteiger partial charge >= 0.3 is 0 Å². The monoisotopic (exact) mass is 331 g/mol. The number of nitrogens with zero attached hydrogens (tertiary/aromatic N) is 1. The predicted octanol–water partition coefficient (Wildman–Crippen LogP) is 1.93. The van der Waals surface area contributed by atoms with Crippen LogP contribution in [0.15, 0.2) is 24.3 Å². The Labute approximate surface area is 142 Å². The molecule has 1 saturated carbocycles. The Morgan fingerprint density at radius 1 is 1.29 bits per heavy atom. The van der Waals surface area contributed by atoms with Crippen molar-refractivity contribution in [2.45, 2.75) is 37.4 Å². The van der Waals surface area contributed by atoms with Gasteiger partial charge in [0.05, 0.1) is 12.7 Å². The third kappa shape index (κ3) is 2.50. The first-order chi connectivity index (χ1) is 11.6. The first-order valence-corrected chi connectivity index (χ1v) is 8.89. The van der Waals surface area contributed by atoms with Crippen molar-refractivity contribution >= 4 is 5.91 Å². The fourth-order valence-electron chi connectivity index (χ4n) is 4.69. The number of hydrogen-bond acceptors (Lipinski definition) is 4. The van der Waals surface area contributed by atoms with Gasteiger partial charge < -0.3 is 19.5 Å². The van der Waals surface area contributed by atoms with E-state index in [1.165, 1.54) is 0 Å². The van der Waals surface area contributed by atoms with Crippen molar-refractivity contribution < 1.29 is 19.4 Å². The van der Waals surface area contributed by atoms with E-state index < -0.39 is 5.60 Å². The molecular formula is C19H25NO4. The van der Waals surface area contributed by atoms with Crippen LogP contribution >= 0.6 is 0 Å². The number of benzene rings is 1. The zero-order valence-corrected chi connectivity index (χ0v) is 14.1. The number of hydrogen-bond donors (Lipinski definition) is 1. The molecule has 5 heteroatoms. The Bertz CT molecular complexity index is 610. The van der Waals surface area contributed by atoms with Gasteiger partial charge in [-0.3, -0.25) is 4.79 Å². The first kappa shape index (κ1) is 15.9. The van der Waals surface area contributed by atoms with Gasteiger partial charge in [-0.2, -0.15) is 0 Å². The summed E-state index contributed by atoms with van der Waals surface area (Å²) in [6.45, 7) is 2.07. The molecule has 24 heavy (non-hydrogen) atoms. The Kier molecular flexibility index (Phi) is 4.01. The van der Waals surface area contributed by atoms with Gasteiger partial charge in [-0.1, -0.05) is 12.1 Å². The van der Waals surface area contributed by atoms with E-state index in [0.717, 1.165) is 43.5 Å². The maximum absolute atomic E-state index is 12.6. The van der Waals surface area contributed by atoms with Gasteiger partial charge in [0.2, 0.25) is 0 Å². The number of aliphatic hydroxyl groups is 1. The lowest BCUT2D eigenvalue weighted by molar-refractivity contribution is -0.140. The summed E-state index contributed by atoms with van der Waals surface area (Å²) in [7, 11) is 1.64. The molecule has 0 bridgehead atoms. The Hall–Kier alpha value is -1.59. The minimum absolute atomic E-state index is 0.108. The van der Waals surface area contributed by atoms with Crippen molar-refractivity contribution in [2.24, 2.45) is 11.8 Å². The second-order valence-corrected chi connectivity index (χ2v) is 7.30. The summed E-state index contributed by atoms with van der Waals surface area (Å²) in [5.74, 6) is 1.39. The van der Waals surface area contributed by atoms with Crippen molar-refractivity contribution in [3.05, 3.63) is 29.8 Å². The van der Waals surface area contributed by atoms with E-state index in [9.17, 15) is 9.90 Å². The smallest absolute Gasteiger partial charge is 0.251 e. The summed E-state index contributed by atoms with van der Waals surface area (Å²) in [6.07, 6.45) is 3.25. The number of carbonyl (C=O) groups is 1. The molecule has 1 N–H and O–H groups in total. The zero-order valence-electron chi connectivity index (χ0n) is 14.1. The Balaban J connectivity index is 1.51. The second-order valence-electron chi connectivity index (χ2n) is 7.30. The SMILES string of the molecule is COc1ccc([C@@]2(O)CC[C@@H]3CN(C(=O)C4CCCO4)C[C@@H]32)cc1. The van der Waals surface area contributed by atoms with Gasteiger partial charge in [0.1, 0.15) is 11.9 Å². The van der Waals surface area contributed by atoms with Crippen LogP contribution in [0.2, 0.25) is 0 Å². The molecule has 0 radical (unpaired) electrons. The highest BCUT2D eigenvalue weighted by atomic mass is 16.5. The number of carbonyl (C=O) groups excluding carboxylic acids is 1.